The number of sulfonamides is 1. The third-order valence-electron chi connectivity index (χ3n) is 4.91. The second-order valence-corrected chi connectivity index (χ2v) is 9.27. The third-order valence-corrected chi connectivity index (χ3v) is 6.35. The van der Waals surface area contributed by atoms with Gasteiger partial charge in [0.05, 0.1) is 22.3 Å². The number of rotatable bonds is 6. The van der Waals surface area contributed by atoms with Crippen LogP contribution in [0.1, 0.15) is 13.8 Å². The van der Waals surface area contributed by atoms with Gasteiger partial charge >= 0.3 is 0 Å². The van der Waals surface area contributed by atoms with Gasteiger partial charge < -0.3 is 14.8 Å². The zero-order valence-electron chi connectivity index (χ0n) is 17.2. The van der Waals surface area contributed by atoms with E-state index in [4.69, 9.17) is 9.47 Å². The van der Waals surface area contributed by atoms with Crippen molar-refractivity contribution in [3.8, 4) is 11.5 Å². The summed E-state index contributed by atoms with van der Waals surface area (Å²) in [7, 11) is -3.97. The van der Waals surface area contributed by atoms with Gasteiger partial charge in [0.25, 0.3) is 0 Å². The van der Waals surface area contributed by atoms with Crippen LogP contribution in [0.5, 0.6) is 11.5 Å². The lowest BCUT2D eigenvalue weighted by Gasteiger charge is -2.23. The van der Waals surface area contributed by atoms with Crippen LogP contribution in [-0.2, 0) is 14.8 Å². The number of amides is 1. The highest BCUT2D eigenvalue weighted by Crippen LogP contribution is 2.32. The molecule has 4 rings (SSSR count). The summed E-state index contributed by atoms with van der Waals surface area (Å²) in [4.78, 5) is 17.2. The normalized spacial score (nSPS) is 14.4. The van der Waals surface area contributed by atoms with Gasteiger partial charge in [0.1, 0.15) is 19.3 Å². The van der Waals surface area contributed by atoms with Crippen LogP contribution in [0.3, 0.4) is 0 Å². The fourth-order valence-corrected chi connectivity index (χ4v) is 4.64. The predicted octanol–water partition coefficient (Wildman–Crippen LogP) is 2.95. The van der Waals surface area contributed by atoms with Crippen molar-refractivity contribution < 1.29 is 22.7 Å². The molecule has 2 aromatic carbocycles. The van der Waals surface area contributed by atoms with Gasteiger partial charge in [0.2, 0.25) is 15.9 Å². The van der Waals surface area contributed by atoms with Crippen LogP contribution in [0, 0.1) is 5.92 Å². The highest BCUT2D eigenvalue weighted by atomic mass is 32.2. The molecule has 1 aliphatic rings. The van der Waals surface area contributed by atoms with Crippen LogP contribution in [0.4, 0.5) is 5.69 Å². The van der Waals surface area contributed by atoms with E-state index in [0.29, 0.717) is 30.4 Å². The maximum absolute atomic E-state index is 13.0. The van der Waals surface area contributed by atoms with Crippen molar-refractivity contribution in [2.24, 2.45) is 5.92 Å². The van der Waals surface area contributed by atoms with Gasteiger partial charge in [-0.15, -0.1) is 0 Å². The number of carbonyl (C=O) groups excluding carboxylic acids is 1. The van der Waals surface area contributed by atoms with Crippen molar-refractivity contribution in [1.82, 2.24) is 9.71 Å². The second-order valence-electron chi connectivity index (χ2n) is 7.55. The zero-order chi connectivity index (χ0) is 22.0. The minimum atomic E-state index is -3.97. The molecule has 8 nitrogen and oxygen atoms in total. The van der Waals surface area contributed by atoms with Crippen molar-refractivity contribution in [2.75, 3.05) is 18.5 Å². The molecule has 2 N–H and O–H groups in total. The number of hydrogen-bond acceptors (Lipinski definition) is 6. The first-order valence-corrected chi connectivity index (χ1v) is 11.4. The summed E-state index contributed by atoms with van der Waals surface area (Å²) in [5.41, 5.74) is 1.30. The average molecular weight is 442 g/mol. The summed E-state index contributed by atoms with van der Waals surface area (Å²) in [6, 6.07) is 12.7. The molecule has 3 aromatic rings. The summed E-state index contributed by atoms with van der Waals surface area (Å²) < 4.78 is 39.4. The summed E-state index contributed by atoms with van der Waals surface area (Å²) >= 11 is 0. The van der Waals surface area contributed by atoms with E-state index in [1.807, 2.05) is 24.3 Å². The number of fused-ring (bicyclic) bond motifs is 2. The van der Waals surface area contributed by atoms with Gasteiger partial charge in [-0.05, 0) is 30.2 Å². The minimum absolute atomic E-state index is 0.00238. The monoisotopic (exact) mass is 441 g/mol. The number of hydrogen-bond donors (Lipinski definition) is 2. The van der Waals surface area contributed by atoms with Crippen molar-refractivity contribution in [3.63, 3.8) is 0 Å². The molecule has 0 saturated heterocycles. The van der Waals surface area contributed by atoms with Gasteiger partial charge in [-0.25, -0.2) is 8.42 Å². The molecule has 1 aromatic heterocycles. The molecule has 0 aliphatic carbocycles. The van der Waals surface area contributed by atoms with Gasteiger partial charge in [-0.3, -0.25) is 9.78 Å². The Bertz CT molecular complexity index is 1230. The number of aromatic nitrogens is 1. The highest BCUT2D eigenvalue weighted by Gasteiger charge is 2.29. The number of nitrogens with zero attached hydrogens (tertiary/aromatic N) is 1. The molecule has 0 spiro atoms. The quantitative estimate of drug-likeness (QED) is 0.609. The molecule has 1 atom stereocenters. The van der Waals surface area contributed by atoms with E-state index in [1.54, 1.807) is 32.2 Å². The van der Waals surface area contributed by atoms with E-state index < -0.39 is 22.0 Å². The first kappa shape index (κ1) is 21.1. The maximum Gasteiger partial charge on any atom is 0.242 e. The van der Waals surface area contributed by atoms with E-state index in [-0.39, 0.29) is 10.8 Å². The lowest BCUT2D eigenvalue weighted by atomic mass is 10.0. The molecule has 0 radical (unpaired) electrons. The van der Waals surface area contributed by atoms with Crippen molar-refractivity contribution >= 4 is 32.5 Å². The maximum atomic E-state index is 13.0. The van der Waals surface area contributed by atoms with Crippen LogP contribution in [-0.4, -0.2) is 38.6 Å². The Hall–Kier alpha value is -3.17. The van der Waals surface area contributed by atoms with Crippen molar-refractivity contribution in [1.29, 1.82) is 0 Å². The highest BCUT2D eigenvalue weighted by molar-refractivity contribution is 7.89. The van der Waals surface area contributed by atoms with E-state index in [0.717, 1.165) is 10.9 Å². The summed E-state index contributed by atoms with van der Waals surface area (Å²) in [5.74, 6) is 0.0997. The SMILES string of the molecule is CC(C)C(NS(=O)(=O)c1ccc2c(c1)OCCO2)C(=O)Nc1cnc2ccccc2c1. The molecule has 0 fully saturated rings. The van der Waals surface area contributed by atoms with Crippen LogP contribution in [0.25, 0.3) is 10.9 Å². The van der Waals surface area contributed by atoms with Crippen LogP contribution in [0.2, 0.25) is 0 Å². The molecule has 0 saturated carbocycles. The standard InChI is InChI=1S/C22H23N3O5S/c1-14(2)21(22(26)24-16-11-15-5-3-4-6-18(15)23-13-16)25-31(27,28)17-7-8-19-20(12-17)30-10-9-29-19/h3-8,11-14,21,25H,9-10H2,1-2H3,(H,24,26). The molecule has 2 heterocycles. The third kappa shape index (κ3) is 4.62. The number of ether oxygens (including phenoxy) is 2. The molecule has 1 amide bonds. The van der Waals surface area contributed by atoms with E-state index in [1.165, 1.54) is 12.1 Å². The first-order chi connectivity index (χ1) is 14.8. The van der Waals surface area contributed by atoms with E-state index >= 15 is 0 Å². The number of anilines is 1. The number of carbonyl (C=O) groups is 1. The van der Waals surface area contributed by atoms with Gasteiger partial charge in [0.15, 0.2) is 11.5 Å². The number of para-hydroxylation sites is 1. The largest absolute Gasteiger partial charge is 0.486 e. The fraction of sp³-hybridized carbons (Fsp3) is 0.273. The summed E-state index contributed by atoms with van der Waals surface area (Å²) in [5, 5.41) is 3.64. The molecule has 9 heteroatoms. The molecule has 162 valence electrons. The van der Waals surface area contributed by atoms with Crippen LogP contribution >= 0.6 is 0 Å². The Balaban J connectivity index is 1.54. The molecular weight excluding hydrogens is 418 g/mol. The second kappa shape index (κ2) is 8.52. The number of pyridine rings is 1. The zero-order valence-corrected chi connectivity index (χ0v) is 18.0. The molecular formula is C22H23N3O5S. The Morgan fingerprint density at radius 3 is 2.55 bits per heavy atom. The predicted molar refractivity (Wildman–Crippen MR) is 117 cm³/mol. The average Bonchev–Trinajstić information content (AvgIpc) is 2.77. The van der Waals surface area contributed by atoms with Crippen LogP contribution in [0.15, 0.2) is 59.6 Å². The smallest absolute Gasteiger partial charge is 0.242 e. The topological polar surface area (TPSA) is 107 Å². The summed E-state index contributed by atoms with van der Waals surface area (Å²) in [6.45, 7) is 4.31. The molecule has 1 aliphatic heterocycles. The summed E-state index contributed by atoms with van der Waals surface area (Å²) in [6.07, 6.45) is 1.55. The van der Waals surface area contributed by atoms with Gasteiger partial charge in [0, 0.05) is 11.5 Å². The molecule has 1 unspecified atom stereocenters. The Morgan fingerprint density at radius 1 is 1.03 bits per heavy atom. The molecule has 0 bridgehead atoms. The minimum Gasteiger partial charge on any atom is -0.486 e. The van der Waals surface area contributed by atoms with Crippen molar-refractivity contribution in [2.45, 2.75) is 24.8 Å². The van der Waals surface area contributed by atoms with Gasteiger partial charge in [-0.2, -0.15) is 4.72 Å². The Morgan fingerprint density at radius 2 is 1.77 bits per heavy atom. The lowest BCUT2D eigenvalue weighted by Crippen LogP contribution is -2.47. The fourth-order valence-electron chi connectivity index (χ4n) is 3.28. The number of nitrogens with one attached hydrogen (secondary N) is 2. The molecule has 31 heavy (non-hydrogen) atoms. The first-order valence-electron chi connectivity index (χ1n) is 9.91. The van der Waals surface area contributed by atoms with E-state index in [2.05, 4.69) is 15.0 Å². The van der Waals surface area contributed by atoms with E-state index in [9.17, 15) is 13.2 Å². The Kier molecular flexibility index (Phi) is 5.79. The van der Waals surface area contributed by atoms with Gasteiger partial charge in [-0.1, -0.05) is 32.0 Å². The number of benzene rings is 2. The van der Waals surface area contributed by atoms with Crippen molar-refractivity contribution in [3.05, 3.63) is 54.7 Å². The lowest BCUT2D eigenvalue weighted by molar-refractivity contribution is -0.118. The Labute approximate surface area is 180 Å². The van der Waals surface area contributed by atoms with Crippen LogP contribution < -0.4 is 19.5 Å².